The molecule has 32 heavy (non-hydrogen) atoms. The molecule has 0 saturated heterocycles. The Labute approximate surface area is 187 Å². The molecule has 164 valence electrons. The largest absolute Gasteiger partial charge is 0.493 e. The van der Waals surface area contributed by atoms with Crippen LogP contribution < -0.4 is 4.74 Å². The molecule has 0 fully saturated rings. The van der Waals surface area contributed by atoms with E-state index in [9.17, 15) is 10.0 Å². The van der Waals surface area contributed by atoms with Crippen molar-refractivity contribution in [1.29, 1.82) is 0 Å². The van der Waals surface area contributed by atoms with E-state index in [4.69, 9.17) is 9.47 Å². The summed E-state index contributed by atoms with van der Waals surface area (Å²) in [5.41, 5.74) is 5.41. The number of carbonyl (C=O) groups excluding carboxylic acids is 1. The Hall–Kier alpha value is -3.64. The second-order valence-electron chi connectivity index (χ2n) is 7.38. The molecular weight excluding hydrogens is 404 g/mol. The molecule has 0 aromatic heterocycles. The number of benzene rings is 2. The van der Waals surface area contributed by atoms with E-state index in [2.05, 4.69) is 4.99 Å². The van der Waals surface area contributed by atoms with Crippen LogP contribution in [0.4, 0.5) is 0 Å². The number of esters is 1. The summed E-state index contributed by atoms with van der Waals surface area (Å²) < 4.78 is 11.3. The molecule has 6 heteroatoms. The number of hydrogen-bond acceptors (Lipinski definition) is 6. The van der Waals surface area contributed by atoms with E-state index in [1.165, 1.54) is 5.06 Å². The van der Waals surface area contributed by atoms with E-state index in [1.54, 1.807) is 14.0 Å². The van der Waals surface area contributed by atoms with Crippen LogP contribution >= 0.6 is 0 Å². The van der Waals surface area contributed by atoms with Crippen LogP contribution in [-0.2, 0) is 9.53 Å². The van der Waals surface area contributed by atoms with E-state index in [0.29, 0.717) is 43.2 Å². The monoisotopic (exact) mass is 430 g/mol. The molecule has 0 spiro atoms. The third-order valence-electron chi connectivity index (χ3n) is 5.43. The molecule has 0 atom stereocenters. The Morgan fingerprint density at radius 2 is 1.97 bits per heavy atom. The van der Waals surface area contributed by atoms with Crippen LogP contribution in [-0.4, -0.2) is 48.8 Å². The fourth-order valence-corrected chi connectivity index (χ4v) is 3.98. The molecule has 0 radical (unpaired) electrons. The van der Waals surface area contributed by atoms with Crippen LogP contribution in [0.5, 0.6) is 5.75 Å². The van der Waals surface area contributed by atoms with Crippen LogP contribution in [0.1, 0.15) is 30.0 Å². The molecular formula is C26H26N2O4. The Balaban J connectivity index is 1.64. The summed E-state index contributed by atoms with van der Waals surface area (Å²) in [5.74, 6) is 0.296. The first-order chi connectivity index (χ1) is 15.6. The highest BCUT2D eigenvalue weighted by Gasteiger charge is 2.34. The Morgan fingerprint density at radius 1 is 1.16 bits per heavy atom. The minimum atomic E-state index is -0.383. The average Bonchev–Trinajstić information content (AvgIpc) is 3.15. The molecule has 1 aliphatic carbocycles. The van der Waals surface area contributed by atoms with Gasteiger partial charge < -0.3 is 9.47 Å². The summed E-state index contributed by atoms with van der Waals surface area (Å²) >= 11 is 0. The number of ether oxygens (including phenoxy) is 2. The van der Waals surface area contributed by atoms with Crippen LogP contribution in [0.2, 0.25) is 0 Å². The smallest absolute Gasteiger partial charge is 0.340 e. The van der Waals surface area contributed by atoms with Gasteiger partial charge in [0.15, 0.2) is 0 Å². The van der Waals surface area contributed by atoms with E-state index < -0.39 is 0 Å². The van der Waals surface area contributed by atoms with Crippen molar-refractivity contribution in [1.82, 2.24) is 5.06 Å². The summed E-state index contributed by atoms with van der Waals surface area (Å²) in [5, 5.41) is 11.1. The minimum absolute atomic E-state index is 0.291. The standard InChI is InChI=1S/C26H26N2O4/c1-3-31-26(29)24-23(18-9-5-4-6-10-18)21-13-12-20(17-22(21)25(24)27-2)32-16-14-19-11-7-8-15-28(19)30/h4-13,17,30H,3,14-16H2,1-2H3/b27-25+. The predicted molar refractivity (Wildman–Crippen MR) is 124 cm³/mol. The lowest BCUT2D eigenvalue weighted by Crippen LogP contribution is -2.21. The van der Waals surface area contributed by atoms with Crippen molar-refractivity contribution in [2.24, 2.45) is 4.99 Å². The van der Waals surface area contributed by atoms with E-state index in [-0.39, 0.29) is 5.97 Å². The zero-order valence-corrected chi connectivity index (χ0v) is 18.2. The molecule has 0 saturated carbocycles. The van der Waals surface area contributed by atoms with E-state index in [1.807, 2.05) is 66.8 Å². The number of nitrogens with zero attached hydrogens (tertiary/aromatic N) is 2. The van der Waals surface area contributed by atoms with Gasteiger partial charge in [-0.3, -0.25) is 15.3 Å². The SMILES string of the molecule is CCOC(=O)C1=C(c2ccccc2)c2ccc(OCCC3=CC=CCN3O)cc2/C1=N\C. The molecule has 1 heterocycles. The molecule has 0 amide bonds. The van der Waals surface area contributed by atoms with Gasteiger partial charge >= 0.3 is 5.97 Å². The fourth-order valence-electron chi connectivity index (χ4n) is 3.98. The van der Waals surface area contributed by atoms with Crippen molar-refractivity contribution in [2.45, 2.75) is 13.3 Å². The van der Waals surface area contributed by atoms with Crippen LogP contribution in [0.15, 0.2) is 83.0 Å². The third-order valence-corrected chi connectivity index (χ3v) is 5.43. The van der Waals surface area contributed by atoms with Gasteiger partial charge in [0.1, 0.15) is 5.75 Å². The highest BCUT2D eigenvalue weighted by atomic mass is 16.5. The summed E-state index contributed by atoms with van der Waals surface area (Å²) in [6, 6.07) is 15.6. The zero-order chi connectivity index (χ0) is 22.5. The highest BCUT2D eigenvalue weighted by Crippen LogP contribution is 2.40. The maximum absolute atomic E-state index is 12.9. The summed E-state index contributed by atoms with van der Waals surface area (Å²) in [6.45, 7) is 2.98. The molecule has 0 unspecified atom stereocenters. The lowest BCUT2D eigenvalue weighted by atomic mass is 9.97. The summed E-state index contributed by atoms with van der Waals surface area (Å²) in [4.78, 5) is 17.3. The quantitative estimate of drug-likeness (QED) is 0.660. The zero-order valence-electron chi connectivity index (χ0n) is 18.2. The van der Waals surface area contributed by atoms with E-state index >= 15 is 0 Å². The molecule has 2 aromatic rings. The average molecular weight is 431 g/mol. The first-order valence-electron chi connectivity index (χ1n) is 10.7. The number of hydroxylamine groups is 2. The van der Waals surface area contributed by atoms with Gasteiger partial charge in [-0.2, -0.15) is 0 Å². The second kappa shape index (κ2) is 9.66. The molecule has 2 aromatic carbocycles. The van der Waals surface area contributed by atoms with Crippen molar-refractivity contribution in [3.8, 4) is 5.75 Å². The number of rotatable bonds is 7. The van der Waals surface area contributed by atoms with Gasteiger partial charge in [0.05, 0.1) is 31.0 Å². The summed E-state index contributed by atoms with van der Waals surface area (Å²) in [6.07, 6.45) is 6.26. The Bertz CT molecular complexity index is 1130. The highest BCUT2D eigenvalue weighted by molar-refractivity contribution is 6.37. The molecule has 4 rings (SSSR count). The predicted octanol–water partition coefficient (Wildman–Crippen LogP) is 4.40. The van der Waals surface area contributed by atoms with Gasteiger partial charge in [0, 0.05) is 30.3 Å². The van der Waals surface area contributed by atoms with Gasteiger partial charge in [0.25, 0.3) is 0 Å². The normalized spacial score (nSPS) is 16.3. The fraction of sp³-hybridized carbons (Fsp3) is 0.231. The van der Waals surface area contributed by atoms with Crippen molar-refractivity contribution < 1.29 is 19.5 Å². The van der Waals surface area contributed by atoms with Gasteiger partial charge in [-0.1, -0.05) is 42.5 Å². The molecule has 6 nitrogen and oxygen atoms in total. The first-order valence-corrected chi connectivity index (χ1v) is 10.7. The van der Waals surface area contributed by atoms with Crippen LogP contribution in [0.3, 0.4) is 0 Å². The number of allylic oxidation sites excluding steroid dienone is 2. The maximum Gasteiger partial charge on any atom is 0.340 e. The van der Waals surface area contributed by atoms with Crippen LogP contribution in [0, 0.1) is 0 Å². The van der Waals surface area contributed by atoms with E-state index in [0.717, 1.165) is 28.0 Å². The first kappa shape index (κ1) is 21.6. The van der Waals surface area contributed by atoms with Gasteiger partial charge in [0.2, 0.25) is 0 Å². The second-order valence-corrected chi connectivity index (χ2v) is 7.38. The lowest BCUT2D eigenvalue weighted by Gasteiger charge is -2.21. The van der Waals surface area contributed by atoms with Crippen molar-refractivity contribution >= 4 is 17.3 Å². The van der Waals surface area contributed by atoms with Crippen molar-refractivity contribution in [3.63, 3.8) is 0 Å². The number of carbonyl (C=O) groups is 1. The van der Waals surface area contributed by atoms with Crippen molar-refractivity contribution in [3.05, 3.63) is 94.7 Å². The maximum atomic E-state index is 12.9. The Kier molecular flexibility index (Phi) is 6.52. The van der Waals surface area contributed by atoms with Crippen molar-refractivity contribution in [2.75, 3.05) is 26.8 Å². The topological polar surface area (TPSA) is 71.4 Å². The Morgan fingerprint density at radius 3 is 2.69 bits per heavy atom. The number of hydrogen-bond donors (Lipinski definition) is 1. The molecule has 2 aliphatic rings. The molecule has 1 aliphatic heterocycles. The number of fused-ring (bicyclic) bond motifs is 1. The van der Waals surface area contributed by atoms with Crippen LogP contribution in [0.25, 0.3) is 5.57 Å². The molecule has 0 bridgehead atoms. The van der Waals surface area contributed by atoms with Gasteiger partial charge in [-0.15, -0.1) is 0 Å². The third kappa shape index (κ3) is 4.22. The molecule has 1 N–H and O–H groups in total. The lowest BCUT2D eigenvalue weighted by molar-refractivity contribution is -0.137. The van der Waals surface area contributed by atoms with Gasteiger partial charge in [-0.25, -0.2) is 4.79 Å². The summed E-state index contributed by atoms with van der Waals surface area (Å²) in [7, 11) is 1.68. The number of aliphatic imine (C=N–C) groups is 1. The minimum Gasteiger partial charge on any atom is -0.493 e. The van der Waals surface area contributed by atoms with Gasteiger partial charge in [-0.05, 0) is 42.3 Å².